The molecule has 1 aliphatic heterocycles. The fourth-order valence-electron chi connectivity index (χ4n) is 3.78. The van der Waals surface area contributed by atoms with Crippen LogP contribution in [-0.2, 0) is 20.9 Å². The molecule has 7 nitrogen and oxygen atoms in total. The van der Waals surface area contributed by atoms with E-state index in [-0.39, 0.29) is 18.4 Å². The van der Waals surface area contributed by atoms with E-state index in [1.807, 2.05) is 24.3 Å². The van der Waals surface area contributed by atoms with E-state index < -0.39 is 6.04 Å². The number of nitrogens with two attached hydrogens (primary N) is 1. The van der Waals surface area contributed by atoms with E-state index in [0.29, 0.717) is 29.7 Å². The molecule has 0 unspecified atom stereocenters. The van der Waals surface area contributed by atoms with Crippen LogP contribution < -0.4 is 5.73 Å². The molecule has 3 heterocycles. The highest BCUT2D eigenvalue weighted by atomic mass is 35.5. The van der Waals surface area contributed by atoms with E-state index in [2.05, 4.69) is 4.98 Å². The smallest absolute Gasteiger partial charge is 0.248 e. The van der Waals surface area contributed by atoms with Gasteiger partial charge in [-0.15, -0.1) is 11.3 Å². The van der Waals surface area contributed by atoms with E-state index in [0.717, 1.165) is 21.3 Å². The van der Waals surface area contributed by atoms with Gasteiger partial charge in [-0.2, -0.15) is 0 Å². The Labute approximate surface area is 195 Å². The average Bonchev–Trinajstić information content (AvgIpc) is 3.20. The number of piperazine rings is 1. The minimum atomic E-state index is -0.674. The molecule has 0 spiro atoms. The number of pyridine rings is 1. The molecule has 0 aliphatic carbocycles. The third-order valence-corrected chi connectivity index (χ3v) is 6.59. The molecule has 3 aromatic rings. The lowest BCUT2D eigenvalue weighted by molar-refractivity contribution is -0.152. The van der Waals surface area contributed by atoms with Crippen molar-refractivity contribution < 1.29 is 14.3 Å². The van der Waals surface area contributed by atoms with Gasteiger partial charge in [-0.1, -0.05) is 23.7 Å². The van der Waals surface area contributed by atoms with Crippen molar-refractivity contribution in [3.8, 4) is 0 Å². The predicted molar refractivity (Wildman–Crippen MR) is 127 cm³/mol. The molecule has 166 valence electrons. The number of fused-ring (bicyclic) bond motifs is 1. The van der Waals surface area contributed by atoms with Crippen LogP contribution in [-0.4, -0.2) is 59.4 Å². The summed E-state index contributed by atoms with van der Waals surface area (Å²) in [5.41, 5.74) is 8.41. The molecule has 2 N–H and O–H groups in total. The number of benzene rings is 1. The lowest BCUT2D eigenvalue weighted by Crippen LogP contribution is -2.59. The fraction of sp³-hybridized carbons (Fsp3) is 0.261. The first-order chi connectivity index (χ1) is 15.5. The zero-order chi connectivity index (χ0) is 22.7. The third kappa shape index (κ3) is 4.77. The molecule has 0 bridgehead atoms. The van der Waals surface area contributed by atoms with E-state index in [1.165, 1.54) is 24.5 Å². The molecule has 2 aromatic heterocycles. The number of carbonyl (C=O) groups excluding carboxylic acids is 2. The van der Waals surface area contributed by atoms with Crippen LogP contribution in [0.5, 0.6) is 0 Å². The maximum absolute atomic E-state index is 13.2. The first-order valence-corrected chi connectivity index (χ1v) is 11.3. The summed E-state index contributed by atoms with van der Waals surface area (Å²) in [5.74, 6) is -0.366. The topological polar surface area (TPSA) is 88.8 Å². The number of thiophene rings is 1. The molecule has 9 heteroatoms. The summed E-state index contributed by atoms with van der Waals surface area (Å²) in [6, 6.07) is 10.5. The van der Waals surface area contributed by atoms with Gasteiger partial charge < -0.3 is 20.3 Å². The number of halogens is 1. The molecule has 1 aromatic carbocycles. The summed E-state index contributed by atoms with van der Waals surface area (Å²) in [5, 5.41) is 0.883. The lowest BCUT2D eigenvalue weighted by Gasteiger charge is -2.40. The van der Waals surface area contributed by atoms with Crippen molar-refractivity contribution in [1.29, 1.82) is 0 Å². The molecule has 1 atom stereocenters. The summed E-state index contributed by atoms with van der Waals surface area (Å²) in [6.07, 6.45) is 4.86. The average molecular weight is 471 g/mol. The van der Waals surface area contributed by atoms with Crippen molar-refractivity contribution in [3.63, 3.8) is 0 Å². The highest BCUT2D eigenvalue weighted by Gasteiger charge is 2.36. The molecule has 32 heavy (non-hydrogen) atoms. The Balaban J connectivity index is 1.48. The van der Waals surface area contributed by atoms with Crippen LogP contribution in [0.4, 0.5) is 5.69 Å². The molecular weight excluding hydrogens is 448 g/mol. The van der Waals surface area contributed by atoms with Gasteiger partial charge in [-0.3, -0.25) is 14.6 Å². The second kappa shape index (κ2) is 9.68. The van der Waals surface area contributed by atoms with E-state index >= 15 is 0 Å². The van der Waals surface area contributed by atoms with Gasteiger partial charge in [0.2, 0.25) is 11.8 Å². The summed E-state index contributed by atoms with van der Waals surface area (Å²) >= 11 is 7.33. The van der Waals surface area contributed by atoms with Gasteiger partial charge in [0.1, 0.15) is 6.04 Å². The van der Waals surface area contributed by atoms with Crippen molar-refractivity contribution in [2.24, 2.45) is 0 Å². The van der Waals surface area contributed by atoms with Crippen LogP contribution in [0.2, 0.25) is 4.34 Å². The highest BCUT2D eigenvalue weighted by molar-refractivity contribution is 7.17. The van der Waals surface area contributed by atoms with E-state index in [9.17, 15) is 9.59 Å². The Morgan fingerprint density at radius 2 is 2.16 bits per heavy atom. The van der Waals surface area contributed by atoms with Gasteiger partial charge in [0.05, 0.1) is 16.5 Å². The Kier molecular flexibility index (Phi) is 6.74. The number of aromatic nitrogens is 1. The number of carbonyl (C=O) groups is 2. The van der Waals surface area contributed by atoms with Crippen molar-refractivity contribution in [2.75, 3.05) is 32.5 Å². The SMILES string of the molecule is COC[C@H]1C(=O)N(Cc2ccc3c(N)ccnc3c2)CCN1C(=O)/C=C/c1ccc(Cl)s1. The maximum atomic E-state index is 13.2. The van der Waals surface area contributed by atoms with Crippen LogP contribution in [0, 0.1) is 0 Å². The summed E-state index contributed by atoms with van der Waals surface area (Å²) in [7, 11) is 1.53. The zero-order valence-corrected chi connectivity index (χ0v) is 19.1. The van der Waals surface area contributed by atoms with Crippen LogP contribution in [0.1, 0.15) is 10.4 Å². The number of nitrogen functional groups attached to an aromatic ring is 1. The van der Waals surface area contributed by atoms with Crippen molar-refractivity contribution >= 4 is 57.4 Å². The molecule has 1 aliphatic rings. The first-order valence-electron chi connectivity index (χ1n) is 10.1. The van der Waals surface area contributed by atoms with Crippen LogP contribution in [0.15, 0.2) is 48.7 Å². The van der Waals surface area contributed by atoms with Crippen molar-refractivity contribution in [3.05, 3.63) is 63.4 Å². The van der Waals surface area contributed by atoms with Crippen LogP contribution in [0.25, 0.3) is 17.0 Å². The monoisotopic (exact) mass is 470 g/mol. The van der Waals surface area contributed by atoms with Crippen molar-refractivity contribution in [2.45, 2.75) is 12.6 Å². The molecule has 1 fully saturated rings. The number of nitrogens with zero attached hydrogens (tertiary/aromatic N) is 3. The lowest BCUT2D eigenvalue weighted by atomic mass is 10.1. The van der Waals surface area contributed by atoms with Crippen molar-refractivity contribution in [1.82, 2.24) is 14.8 Å². The number of methoxy groups -OCH3 is 1. The minimum absolute atomic E-state index is 0.134. The number of hydrogen-bond acceptors (Lipinski definition) is 6. The second-order valence-corrected chi connectivity index (χ2v) is 9.24. The van der Waals surface area contributed by atoms with Gasteiger partial charge in [-0.25, -0.2) is 0 Å². The number of ether oxygens (including phenoxy) is 1. The number of anilines is 1. The summed E-state index contributed by atoms with van der Waals surface area (Å²) in [6.45, 7) is 1.42. The largest absolute Gasteiger partial charge is 0.398 e. The fourth-order valence-corrected chi connectivity index (χ4v) is 4.74. The number of rotatable bonds is 6. The Hall–Kier alpha value is -2.94. The molecular formula is C23H23ClN4O3S. The van der Waals surface area contributed by atoms with E-state index in [4.69, 9.17) is 22.1 Å². The second-order valence-electron chi connectivity index (χ2n) is 7.49. The van der Waals surface area contributed by atoms with Gasteiger partial charge in [0.15, 0.2) is 0 Å². The first kappa shape index (κ1) is 22.3. The minimum Gasteiger partial charge on any atom is -0.398 e. The van der Waals surface area contributed by atoms with Gasteiger partial charge >= 0.3 is 0 Å². The summed E-state index contributed by atoms with van der Waals surface area (Å²) < 4.78 is 5.92. The molecule has 4 rings (SSSR count). The normalized spacial score (nSPS) is 16.9. The zero-order valence-electron chi connectivity index (χ0n) is 17.5. The molecule has 1 saturated heterocycles. The predicted octanol–water partition coefficient (Wildman–Crippen LogP) is 3.43. The standard InChI is InChI=1S/C23H23ClN4O3S/c1-31-14-20-23(30)27(13-15-2-5-17-18(25)8-9-26-19(17)12-15)10-11-28(20)22(29)7-4-16-3-6-21(24)32-16/h2-9,12,20H,10-11,13-14H2,1H3,(H2,25,26)/b7-4+/t20-/m0/s1. The van der Waals surface area contributed by atoms with Crippen LogP contribution >= 0.6 is 22.9 Å². The summed E-state index contributed by atoms with van der Waals surface area (Å²) in [4.78, 5) is 34.6. The third-order valence-electron chi connectivity index (χ3n) is 5.39. The van der Waals surface area contributed by atoms with Crippen LogP contribution in [0.3, 0.4) is 0 Å². The maximum Gasteiger partial charge on any atom is 0.248 e. The highest BCUT2D eigenvalue weighted by Crippen LogP contribution is 2.24. The Bertz CT molecular complexity index is 1180. The molecule has 2 amide bonds. The van der Waals surface area contributed by atoms with Gasteiger partial charge in [-0.05, 0) is 35.9 Å². The molecule has 0 saturated carbocycles. The Morgan fingerprint density at radius 1 is 1.31 bits per heavy atom. The molecule has 0 radical (unpaired) electrons. The quantitative estimate of drug-likeness (QED) is 0.557. The van der Waals surface area contributed by atoms with Gasteiger partial charge in [0.25, 0.3) is 0 Å². The van der Waals surface area contributed by atoms with E-state index in [1.54, 1.807) is 34.2 Å². The Morgan fingerprint density at radius 3 is 2.91 bits per heavy atom. The number of amides is 2. The number of hydrogen-bond donors (Lipinski definition) is 1. The van der Waals surface area contributed by atoms with Gasteiger partial charge in [0, 0.05) is 55.0 Å².